The Morgan fingerprint density at radius 2 is 2.00 bits per heavy atom. The number of hydrogen-bond acceptors (Lipinski definition) is 7. The Labute approximate surface area is 158 Å². The van der Waals surface area contributed by atoms with Crippen LogP contribution in [0.5, 0.6) is 5.88 Å². The zero-order chi connectivity index (χ0) is 19.1. The minimum Gasteiger partial charge on any atom is -0.416 e. The standard InChI is InChI=1S/C18H18F2N6O2/c19-18(20)28-17-13(14(10-4-5-10)22-9-23-17)15-21-7-11-8-24-26(16(11)25-15)12-3-1-2-6-27-12/h7-10,12,18H,1-6H2. The van der Waals surface area contributed by atoms with E-state index in [-0.39, 0.29) is 23.9 Å². The topological polar surface area (TPSA) is 87.8 Å². The molecule has 2 fully saturated rings. The Balaban J connectivity index is 1.63. The molecule has 1 aliphatic heterocycles. The van der Waals surface area contributed by atoms with E-state index in [0.717, 1.165) is 37.5 Å². The molecule has 2 aliphatic rings. The predicted octanol–water partition coefficient (Wildman–Crippen LogP) is 3.46. The summed E-state index contributed by atoms with van der Waals surface area (Å²) in [4.78, 5) is 17.2. The van der Waals surface area contributed by atoms with Gasteiger partial charge in [0, 0.05) is 18.7 Å². The number of hydrogen-bond donors (Lipinski definition) is 0. The van der Waals surface area contributed by atoms with Gasteiger partial charge in [-0.05, 0) is 32.1 Å². The molecule has 1 aliphatic carbocycles. The number of halogens is 2. The zero-order valence-corrected chi connectivity index (χ0v) is 15.0. The molecule has 1 saturated carbocycles. The molecule has 5 rings (SSSR count). The SMILES string of the molecule is FC(F)Oc1ncnc(C2CC2)c1-c1ncc2cnn(C3CCCCO3)c2n1. The lowest BCUT2D eigenvalue weighted by atomic mass is 10.1. The molecule has 1 unspecified atom stereocenters. The molecule has 0 aromatic carbocycles. The second-order valence-corrected chi connectivity index (χ2v) is 6.97. The lowest BCUT2D eigenvalue weighted by Crippen LogP contribution is -2.19. The van der Waals surface area contributed by atoms with Crippen LogP contribution in [0.1, 0.15) is 49.9 Å². The van der Waals surface area contributed by atoms with Crippen molar-refractivity contribution in [3.05, 3.63) is 24.4 Å². The highest BCUT2D eigenvalue weighted by atomic mass is 19.3. The first-order valence-electron chi connectivity index (χ1n) is 9.32. The Bertz CT molecular complexity index is 1000. The van der Waals surface area contributed by atoms with Gasteiger partial charge in [-0.1, -0.05) is 0 Å². The molecule has 8 nitrogen and oxygen atoms in total. The summed E-state index contributed by atoms with van der Waals surface area (Å²) in [5.41, 5.74) is 1.56. The average molecular weight is 388 g/mol. The molecule has 0 N–H and O–H groups in total. The van der Waals surface area contributed by atoms with E-state index in [0.29, 0.717) is 23.5 Å². The van der Waals surface area contributed by atoms with Crippen LogP contribution in [-0.2, 0) is 4.74 Å². The maximum absolute atomic E-state index is 12.9. The molecular weight excluding hydrogens is 370 g/mol. The maximum atomic E-state index is 12.9. The molecule has 146 valence electrons. The molecule has 1 atom stereocenters. The summed E-state index contributed by atoms with van der Waals surface area (Å²) in [6, 6.07) is 0. The first-order valence-corrected chi connectivity index (χ1v) is 9.32. The summed E-state index contributed by atoms with van der Waals surface area (Å²) < 4.78 is 38.0. The number of ether oxygens (including phenoxy) is 2. The maximum Gasteiger partial charge on any atom is 0.388 e. The van der Waals surface area contributed by atoms with Crippen LogP contribution in [0.25, 0.3) is 22.4 Å². The first kappa shape index (κ1) is 17.4. The van der Waals surface area contributed by atoms with Crippen molar-refractivity contribution < 1.29 is 18.3 Å². The van der Waals surface area contributed by atoms with Gasteiger partial charge in [-0.3, -0.25) is 0 Å². The fourth-order valence-corrected chi connectivity index (χ4v) is 3.52. The number of alkyl halides is 2. The Hall–Kier alpha value is -2.75. The van der Waals surface area contributed by atoms with Gasteiger partial charge in [0.1, 0.15) is 11.9 Å². The molecule has 4 heterocycles. The van der Waals surface area contributed by atoms with Crippen molar-refractivity contribution in [2.45, 2.75) is 50.9 Å². The van der Waals surface area contributed by atoms with E-state index in [1.807, 2.05) is 0 Å². The van der Waals surface area contributed by atoms with E-state index < -0.39 is 6.61 Å². The lowest BCUT2D eigenvalue weighted by molar-refractivity contribution is -0.0525. The van der Waals surface area contributed by atoms with Crippen LogP contribution in [0.4, 0.5) is 8.78 Å². The fourth-order valence-electron chi connectivity index (χ4n) is 3.52. The molecule has 28 heavy (non-hydrogen) atoms. The minimum absolute atomic E-state index is 0.184. The van der Waals surface area contributed by atoms with E-state index in [1.165, 1.54) is 6.33 Å². The van der Waals surface area contributed by atoms with Crippen molar-refractivity contribution in [3.8, 4) is 17.3 Å². The third kappa shape index (κ3) is 3.17. The number of rotatable bonds is 5. The number of fused-ring (bicyclic) bond motifs is 1. The van der Waals surface area contributed by atoms with Gasteiger partial charge in [0.05, 0.1) is 17.3 Å². The van der Waals surface area contributed by atoms with Crippen molar-refractivity contribution in [2.24, 2.45) is 0 Å². The lowest BCUT2D eigenvalue weighted by Gasteiger charge is -2.23. The fraction of sp³-hybridized carbons (Fsp3) is 0.500. The van der Waals surface area contributed by atoms with Crippen molar-refractivity contribution in [3.63, 3.8) is 0 Å². The van der Waals surface area contributed by atoms with Gasteiger partial charge in [0.2, 0.25) is 5.88 Å². The summed E-state index contributed by atoms with van der Waals surface area (Å²) in [6.07, 6.45) is 9.15. The highest BCUT2D eigenvalue weighted by Crippen LogP contribution is 2.45. The number of aromatic nitrogens is 6. The highest BCUT2D eigenvalue weighted by Gasteiger charge is 2.32. The van der Waals surface area contributed by atoms with Crippen LogP contribution in [0, 0.1) is 0 Å². The normalized spacial score (nSPS) is 20.0. The van der Waals surface area contributed by atoms with Crippen molar-refractivity contribution in [1.29, 1.82) is 0 Å². The van der Waals surface area contributed by atoms with Crippen LogP contribution in [0.2, 0.25) is 0 Å². The van der Waals surface area contributed by atoms with Crippen LogP contribution < -0.4 is 4.74 Å². The quantitative estimate of drug-likeness (QED) is 0.661. The molecule has 0 bridgehead atoms. The summed E-state index contributed by atoms with van der Waals surface area (Å²) in [6.45, 7) is -2.32. The predicted molar refractivity (Wildman–Crippen MR) is 93.8 cm³/mol. The molecular formula is C18H18F2N6O2. The molecule has 0 amide bonds. The van der Waals surface area contributed by atoms with Gasteiger partial charge >= 0.3 is 6.61 Å². The van der Waals surface area contributed by atoms with Crippen LogP contribution >= 0.6 is 0 Å². The van der Waals surface area contributed by atoms with Crippen molar-refractivity contribution >= 4 is 11.0 Å². The van der Waals surface area contributed by atoms with Gasteiger partial charge in [0.25, 0.3) is 0 Å². The second-order valence-electron chi connectivity index (χ2n) is 6.97. The highest BCUT2D eigenvalue weighted by molar-refractivity contribution is 5.77. The van der Waals surface area contributed by atoms with E-state index in [1.54, 1.807) is 17.1 Å². The van der Waals surface area contributed by atoms with Gasteiger partial charge in [-0.2, -0.15) is 13.9 Å². The monoisotopic (exact) mass is 388 g/mol. The molecule has 3 aromatic rings. The average Bonchev–Trinajstić information content (AvgIpc) is 3.47. The van der Waals surface area contributed by atoms with Gasteiger partial charge < -0.3 is 9.47 Å². The van der Waals surface area contributed by atoms with E-state index in [2.05, 4.69) is 29.8 Å². The minimum atomic E-state index is -2.99. The molecule has 0 radical (unpaired) electrons. The summed E-state index contributed by atoms with van der Waals surface area (Å²) in [5.74, 6) is 0.235. The van der Waals surface area contributed by atoms with Gasteiger partial charge in [-0.25, -0.2) is 24.6 Å². The Morgan fingerprint density at radius 3 is 2.75 bits per heavy atom. The zero-order valence-electron chi connectivity index (χ0n) is 15.0. The van der Waals surface area contributed by atoms with Gasteiger partial charge in [0.15, 0.2) is 17.7 Å². The molecule has 3 aromatic heterocycles. The smallest absolute Gasteiger partial charge is 0.388 e. The van der Waals surface area contributed by atoms with Gasteiger partial charge in [-0.15, -0.1) is 0 Å². The third-order valence-electron chi connectivity index (χ3n) is 4.99. The van der Waals surface area contributed by atoms with Crippen LogP contribution in [0.15, 0.2) is 18.7 Å². The Kier molecular flexibility index (Phi) is 4.34. The van der Waals surface area contributed by atoms with Crippen molar-refractivity contribution in [2.75, 3.05) is 6.61 Å². The Morgan fingerprint density at radius 1 is 1.11 bits per heavy atom. The molecule has 10 heteroatoms. The second kappa shape index (κ2) is 7.01. The van der Waals surface area contributed by atoms with E-state index >= 15 is 0 Å². The largest absolute Gasteiger partial charge is 0.416 e. The summed E-state index contributed by atoms with van der Waals surface area (Å²) in [7, 11) is 0. The number of nitrogens with zero attached hydrogens (tertiary/aromatic N) is 6. The van der Waals surface area contributed by atoms with E-state index in [9.17, 15) is 8.78 Å². The van der Waals surface area contributed by atoms with Crippen LogP contribution in [-0.4, -0.2) is 42.9 Å². The first-order chi connectivity index (χ1) is 13.7. The van der Waals surface area contributed by atoms with Crippen LogP contribution in [0.3, 0.4) is 0 Å². The molecule has 0 spiro atoms. The summed E-state index contributed by atoms with van der Waals surface area (Å²) >= 11 is 0. The molecule has 1 saturated heterocycles. The summed E-state index contributed by atoms with van der Waals surface area (Å²) in [5, 5.41) is 5.15. The third-order valence-corrected chi connectivity index (χ3v) is 4.99. The van der Waals surface area contributed by atoms with Crippen molar-refractivity contribution in [1.82, 2.24) is 29.7 Å². The van der Waals surface area contributed by atoms with E-state index in [4.69, 9.17) is 4.74 Å².